The Balaban J connectivity index is 0.000000377. The Morgan fingerprint density at radius 3 is 2.33 bits per heavy atom. The number of carbonyl (C=O) groups is 2. The van der Waals surface area contributed by atoms with Gasteiger partial charge in [-0.3, -0.25) is 0 Å². The summed E-state index contributed by atoms with van der Waals surface area (Å²) < 4.78 is 33.9. The van der Waals surface area contributed by atoms with Crippen molar-refractivity contribution in [3.63, 3.8) is 0 Å². The molecule has 1 fully saturated rings. The fourth-order valence-electron chi connectivity index (χ4n) is 2.51. The highest BCUT2D eigenvalue weighted by Crippen LogP contribution is 2.23. The molecule has 0 saturated carbocycles. The Morgan fingerprint density at radius 2 is 1.89 bits per heavy atom. The van der Waals surface area contributed by atoms with E-state index < -0.39 is 41.4 Å². The maximum Gasteiger partial charge on any atom is 0.410 e. The van der Waals surface area contributed by atoms with E-state index in [1.165, 1.54) is 23.1 Å². The van der Waals surface area contributed by atoms with Gasteiger partial charge in [0.15, 0.2) is 6.10 Å². The van der Waals surface area contributed by atoms with E-state index in [0.717, 1.165) is 12.5 Å². The van der Waals surface area contributed by atoms with Gasteiger partial charge in [-0.05, 0) is 52.7 Å². The number of aliphatic hydroxyl groups is 1. The van der Waals surface area contributed by atoms with E-state index in [0.29, 0.717) is 13.0 Å². The number of likely N-dealkylation sites (tertiary alicyclic amines) is 1. The van der Waals surface area contributed by atoms with Gasteiger partial charge in [-0.2, -0.15) is 0 Å². The minimum absolute atomic E-state index is 0.203. The lowest BCUT2D eigenvalue weighted by molar-refractivity contribution is -0.156. The Hall–Kier alpha value is -2.22. The smallest absolute Gasteiger partial charge is 0.410 e. The minimum Gasteiger partial charge on any atom is -0.464 e. The second-order valence-corrected chi connectivity index (χ2v) is 7.02. The first-order chi connectivity index (χ1) is 12.5. The number of esters is 1. The molecule has 0 aliphatic carbocycles. The van der Waals surface area contributed by atoms with Crippen molar-refractivity contribution in [2.75, 3.05) is 13.2 Å². The molecule has 0 radical (unpaired) electrons. The number of benzene rings is 1. The molecule has 0 spiro atoms. The molecule has 2 rings (SSSR count). The van der Waals surface area contributed by atoms with Crippen LogP contribution in [0.25, 0.3) is 0 Å². The van der Waals surface area contributed by atoms with Gasteiger partial charge < -0.3 is 19.5 Å². The molecule has 1 aliphatic rings. The van der Waals surface area contributed by atoms with Gasteiger partial charge in [0.25, 0.3) is 0 Å². The third-order valence-corrected chi connectivity index (χ3v) is 3.61. The van der Waals surface area contributed by atoms with Crippen LogP contribution in [0.4, 0.5) is 13.6 Å². The van der Waals surface area contributed by atoms with Crippen molar-refractivity contribution in [1.82, 2.24) is 4.90 Å². The van der Waals surface area contributed by atoms with Crippen LogP contribution in [0.5, 0.6) is 0 Å². The molecule has 1 heterocycles. The lowest BCUT2D eigenvalue weighted by Crippen LogP contribution is -2.48. The lowest BCUT2D eigenvalue weighted by Gasteiger charge is -2.30. The number of rotatable bonds is 3. The zero-order valence-corrected chi connectivity index (χ0v) is 16.1. The molecule has 0 aromatic heterocycles. The molecular formula is C19H27F2NO5. The maximum absolute atomic E-state index is 12.0. The summed E-state index contributed by atoms with van der Waals surface area (Å²) in [4.78, 5) is 24.9. The highest BCUT2D eigenvalue weighted by atomic mass is 19.1. The molecule has 2 unspecified atom stereocenters. The molecule has 0 bridgehead atoms. The molecule has 1 amide bonds. The molecule has 1 aromatic carbocycles. The van der Waals surface area contributed by atoms with E-state index in [9.17, 15) is 23.5 Å². The van der Waals surface area contributed by atoms with Gasteiger partial charge in [0.05, 0.1) is 12.6 Å². The summed E-state index contributed by atoms with van der Waals surface area (Å²) in [5.74, 6) is -1.77. The molecule has 1 saturated heterocycles. The van der Waals surface area contributed by atoms with Crippen molar-refractivity contribution < 1.29 is 33.0 Å². The average molecular weight is 387 g/mol. The quantitative estimate of drug-likeness (QED) is 0.806. The Kier molecular flexibility index (Phi) is 8.62. The number of hydrogen-bond donors (Lipinski definition) is 1. The lowest BCUT2D eigenvalue weighted by atomic mass is 10.1. The number of hydrogen-bond acceptors (Lipinski definition) is 5. The zero-order chi connectivity index (χ0) is 20.6. The van der Waals surface area contributed by atoms with Crippen LogP contribution in [0.3, 0.4) is 0 Å². The number of nitrogens with zero attached hydrogens (tertiary/aromatic N) is 1. The standard InChI is InChI=1S/C13H23NO5.C6H4F2/c1-5-18-11(16)10(15)9-7-6-8-14(9)12(17)19-13(2,3)4;7-5-2-1-3-6(8)4-5/h9-10,15H,5-8H2,1-4H3;1-4H. The molecule has 1 aromatic rings. The molecule has 1 aliphatic heterocycles. The Labute approximate surface area is 158 Å². The molecule has 6 nitrogen and oxygen atoms in total. The molecular weight excluding hydrogens is 360 g/mol. The predicted molar refractivity (Wildman–Crippen MR) is 95.0 cm³/mol. The van der Waals surface area contributed by atoms with Crippen LogP contribution in [0.2, 0.25) is 0 Å². The van der Waals surface area contributed by atoms with E-state index in [1.54, 1.807) is 27.7 Å². The summed E-state index contributed by atoms with van der Waals surface area (Å²) in [6.07, 6.45) is -0.507. The summed E-state index contributed by atoms with van der Waals surface area (Å²) in [6.45, 7) is 7.68. The topological polar surface area (TPSA) is 76.1 Å². The van der Waals surface area contributed by atoms with Crippen molar-refractivity contribution in [2.24, 2.45) is 0 Å². The van der Waals surface area contributed by atoms with E-state index in [-0.39, 0.29) is 6.61 Å². The first kappa shape index (κ1) is 22.8. The highest BCUT2D eigenvalue weighted by molar-refractivity contribution is 5.77. The third-order valence-electron chi connectivity index (χ3n) is 3.61. The van der Waals surface area contributed by atoms with Crippen molar-refractivity contribution in [2.45, 2.75) is 58.3 Å². The van der Waals surface area contributed by atoms with E-state index >= 15 is 0 Å². The molecule has 27 heavy (non-hydrogen) atoms. The van der Waals surface area contributed by atoms with Gasteiger partial charge in [-0.1, -0.05) is 6.07 Å². The normalized spacial score (nSPS) is 17.6. The number of ether oxygens (including phenoxy) is 2. The zero-order valence-electron chi connectivity index (χ0n) is 16.1. The molecule has 2 atom stereocenters. The van der Waals surface area contributed by atoms with Crippen LogP contribution in [0, 0.1) is 11.6 Å². The van der Waals surface area contributed by atoms with Crippen molar-refractivity contribution in [3.8, 4) is 0 Å². The maximum atomic E-state index is 12.0. The van der Waals surface area contributed by atoms with E-state index in [1.807, 2.05) is 0 Å². The van der Waals surface area contributed by atoms with Gasteiger partial charge >= 0.3 is 12.1 Å². The summed E-state index contributed by atoms with van der Waals surface area (Å²) in [5, 5.41) is 9.94. The summed E-state index contributed by atoms with van der Waals surface area (Å²) in [6, 6.07) is 3.99. The SMILES string of the molecule is CCOC(=O)C(O)C1CCCN1C(=O)OC(C)(C)C.Fc1cccc(F)c1. The van der Waals surface area contributed by atoms with E-state index in [2.05, 4.69) is 0 Å². The number of amides is 1. The number of carbonyl (C=O) groups excluding carboxylic acids is 2. The fraction of sp³-hybridized carbons (Fsp3) is 0.579. The molecule has 152 valence electrons. The van der Waals surface area contributed by atoms with Crippen molar-refractivity contribution in [1.29, 1.82) is 0 Å². The van der Waals surface area contributed by atoms with Crippen LogP contribution in [-0.4, -0.2) is 53.0 Å². The van der Waals surface area contributed by atoms with Gasteiger partial charge in [0.2, 0.25) is 0 Å². The molecule has 1 N–H and O–H groups in total. The Bertz CT molecular complexity index is 616. The van der Waals surface area contributed by atoms with Crippen LogP contribution in [0.15, 0.2) is 24.3 Å². The number of aliphatic hydroxyl groups excluding tert-OH is 1. The van der Waals surface area contributed by atoms with Gasteiger partial charge in [0.1, 0.15) is 17.2 Å². The largest absolute Gasteiger partial charge is 0.464 e. The minimum atomic E-state index is -1.31. The fourth-order valence-corrected chi connectivity index (χ4v) is 2.51. The second-order valence-electron chi connectivity index (χ2n) is 7.02. The summed E-state index contributed by atoms with van der Waals surface area (Å²) >= 11 is 0. The van der Waals surface area contributed by atoms with Crippen LogP contribution >= 0.6 is 0 Å². The monoisotopic (exact) mass is 387 g/mol. The predicted octanol–water partition coefficient (Wildman–Crippen LogP) is 3.27. The summed E-state index contributed by atoms with van der Waals surface area (Å²) in [5.41, 5.74) is -0.598. The van der Waals surface area contributed by atoms with Crippen molar-refractivity contribution in [3.05, 3.63) is 35.9 Å². The van der Waals surface area contributed by atoms with Crippen molar-refractivity contribution >= 4 is 12.1 Å². The van der Waals surface area contributed by atoms with Gasteiger partial charge in [-0.25, -0.2) is 18.4 Å². The first-order valence-electron chi connectivity index (χ1n) is 8.80. The van der Waals surface area contributed by atoms with Crippen LogP contribution in [-0.2, 0) is 14.3 Å². The van der Waals surface area contributed by atoms with Crippen LogP contribution < -0.4 is 0 Å². The van der Waals surface area contributed by atoms with Gasteiger partial charge in [0, 0.05) is 12.6 Å². The van der Waals surface area contributed by atoms with Gasteiger partial charge in [-0.15, -0.1) is 0 Å². The van der Waals surface area contributed by atoms with E-state index in [4.69, 9.17) is 9.47 Å². The van der Waals surface area contributed by atoms with Crippen LogP contribution in [0.1, 0.15) is 40.5 Å². The average Bonchev–Trinajstić information content (AvgIpc) is 3.03. The Morgan fingerprint density at radius 1 is 1.30 bits per heavy atom. The number of halogens is 2. The third kappa shape index (κ3) is 7.90. The molecule has 8 heteroatoms. The highest BCUT2D eigenvalue weighted by Gasteiger charge is 2.39. The second kappa shape index (κ2) is 10.2. The summed E-state index contributed by atoms with van der Waals surface area (Å²) in [7, 11) is 0. The first-order valence-corrected chi connectivity index (χ1v) is 8.80.